The number of para-hydroxylation sites is 1. The van der Waals surface area contributed by atoms with E-state index in [1.54, 1.807) is 0 Å². The van der Waals surface area contributed by atoms with Gasteiger partial charge in [-0.3, -0.25) is 4.79 Å². The van der Waals surface area contributed by atoms with Gasteiger partial charge in [-0.15, -0.1) is 0 Å². The molecule has 27 heavy (non-hydrogen) atoms. The van der Waals surface area contributed by atoms with E-state index in [9.17, 15) is 9.90 Å². The van der Waals surface area contributed by atoms with Gasteiger partial charge in [0.15, 0.2) is 0 Å². The van der Waals surface area contributed by atoms with Crippen molar-refractivity contribution in [2.45, 2.75) is 84.0 Å². The van der Waals surface area contributed by atoms with Crippen LogP contribution < -0.4 is 5.32 Å². The van der Waals surface area contributed by atoms with Gasteiger partial charge in [-0.2, -0.15) is 0 Å². The van der Waals surface area contributed by atoms with E-state index < -0.39 is 0 Å². The Morgan fingerprint density at radius 2 is 1.59 bits per heavy atom. The van der Waals surface area contributed by atoms with E-state index in [4.69, 9.17) is 0 Å². The van der Waals surface area contributed by atoms with Crippen molar-refractivity contribution in [3.8, 4) is 0 Å². The Bertz CT molecular complexity index is 549. The summed E-state index contributed by atoms with van der Waals surface area (Å²) in [5, 5.41) is 12.6. The predicted molar refractivity (Wildman–Crippen MR) is 116 cm³/mol. The van der Waals surface area contributed by atoms with E-state index in [0.717, 1.165) is 37.8 Å². The van der Waals surface area contributed by atoms with Gasteiger partial charge in [-0.05, 0) is 43.9 Å². The number of nitrogens with one attached hydrogen (secondary N) is 1. The number of carbonyl (C=O) groups is 1. The van der Waals surface area contributed by atoms with Crippen LogP contribution in [0.15, 0.2) is 54.3 Å². The molecular formula is C24H37NO2. The monoisotopic (exact) mass is 371 g/mol. The van der Waals surface area contributed by atoms with Crippen LogP contribution in [0.5, 0.6) is 0 Å². The van der Waals surface area contributed by atoms with E-state index in [-0.39, 0.29) is 5.91 Å². The van der Waals surface area contributed by atoms with E-state index >= 15 is 0 Å². The van der Waals surface area contributed by atoms with Crippen LogP contribution in [-0.2, 0) is 4.79 Å². The summed E-state index contributed by atoms with van der Waals surface area (Å²) in [6, 6.07) is 9.63. The normalized spacial score (nSPS) is 11.8. The highest BCUT2D eigenvalue weighted by Gasteiger charge is 2.01. The second-order valence-electron chi connectivity index (χ2n) is 7.12. The van der Waals surface area contributed by atoms with Gasteiger partial charge in [0.25, 0.3) is 0 Å². The fourth-order valence-corrected chi connectivity index (χ4v) is 2.91. The van der Waals surface area contributed by atoms with Crippen LogP contribution in [-0.4, -0.2) is 11.0 Å². The van der Waals surface area contributed by atoms with Crippen LogP contribution in [0.4, 0.5) is 5.69 Å². The molecule has 0 unspecified atom stereocenters. The molecule has 0 saturated heterocycles. The fourth-order valence-electron chi connectivity index (χ4n) is 2.91. The Hall–Kier alpha value is -2.03. The maximum atomic E-state index is 11.8. The molecular weight excluding hydrogens is 334 g/mol. The van der Waals surface area contributed by atoms with Crippen molar-refractivity contribution in [2.75, 3.05) is 5.32 Å². The number of anilines is 1. The zero-order chi connectivity index (χ0) is 19.6. The molecule has 1 aromatic rings. The van der Waals surface area contributed by atoms with Crippen LogP contribution >= 0.6 is 0 Å². The Labute approximate surface area is 165 Å². The molecule has 0 heterocycles. The Balaban J connectivity index is 1.92. The second-order valence-corrected chi connectivity index (χ2v) is 7.12. The van der Waals surface area contributed by atoms with E-state index in [0.29, 0.717) is 12.2 Å². The van der Waals surface area contributed by atoms with Gasteiger partial charge < -0.3 is 10.4 Å². The third-order valence-corrected chi connectivity index (χ3v) is 4.54. The first kappa shape index (κ1) is 23.0. The topological polar surface area (TPSA) is 49.3 Å². The van der Waals surface area contributed by atoms with Gasteiger partial charge in [0.2, 0.25) is 5.91 Å². The van der Waals surface area contributed by atoms with Crippen molar-refractivity contribution in [3.63, 3.8) is 0 Å². The van der Waals surface area contributed by atoms with Crippen LogP contribution in [0.2, 0.25) is 0 Å². The minimum atomic E-state index is 0.109. The number of amides is 1. The number of unbranched alkanes of at least 4 members (excludes halogenated alkanes) is 8. The first-order valence-electron chi connectivity index (χ1n) is 10.6. The molecule has 2 N–H and O–H groups in total. The molecule has 1 aromatic carbocycles. The molecule has 0 spiro atoms. The number of benzene rings is 1. The maximum Gasteiger partial charge on any atom is 0.224 e. The molecule has 0 saturated carbocycles. The van der Waals surface area contributed by atoms with Crippen molar-refractivity contribution in [1.82, 2.24) is 0 Å². The summed E-state index contributed by atoms with van der Waals surface area (Å²) in [5.41, 5.74) is 0.875. The Morgan fingerprint density at radius 3 is 2.33 bits per heavy atom. The lowest BCUT2D eigenvalue weighted by atomic mass is 10.1. The summed E-state index contributed by atoms with van der Waals surface area (Å²) in [7, 11) is 0. The third kappa shape index (κ3) is 13.8. The molecule has 0 aromatic heterocycles. The lowest BCUT2D eigenvalue weighted by Crippen LogP contribution is -2.10. The maximum absolute atomic E-state index is 11.8. The largest absolute Gasteiger partial charge is 0.512 e. The highest BCUT2D eigenvalue weighted by atomic mass is 16.3. The summed E-state index contributed by atoms with van der Waals surface area (Å²) < 4.78 is 0. The predicted octanol–water partition coefficient (Wildman–Crippen LogP) is 7.32. The van der Waals surface area contributed by atoms with Crippen LogP contribution in [0.3, 0.4) is 0 Å². The summed E-state index contributed by atoms with van der Waals surface area (Å²) in [6.45, 7) is 2.17. The first-order valence-corrected chi connectivity index (χ1v) is 10.6. The average molecular weight is 372 g/mol. The van der Waals surface area contributed by atoms with Gasteiger partial charge in [0, 0.05) is 18.5 Å². The zero-order valence-corrected chi connectivity index (χ0v) is 17.0. The highest BCUT2D eigenvalue weighted by Crippen LogP contribution is 2.11. The summed E-state index contributed by atoms with van der Waals surface area (Å²) in [6.07, 6.45) is 18.8. The standard InChI is InChI=1S/C24H37NO2/c1-2-3-12-19-23(26)20-15-9-7-5-4-6-8-10-16-21-24(27)25-22-17-13-11-14-18-22/h9,11,13-15,17-18,20,26H,2-8,10,12,16,19,21H2,1H3,(H,25,27)/b15-9-,23-20-. The van der Waals surface area contributed by atoms with Gasteiger partial charge in [0.05, 0.1) is 5.76 Å². The second kappa shape index (κ2) is 16.2. The number of aliphatic hydroxyl groups is 1. The van der Waals surface area contributed by atoms with Crippen molar-refractivity contribution in [1.29, 1.82) is 0 Å². The minimum Gasteiger partial charge on any atom is -0.512 e. The average Bonchev–Trinajstić information content (AvgIpc) is 2.67. The summed E-state index contributed by atoms with van der Waals surface area (Å²) >= 11 is 0. The Morgan fingerprint density at radius 1 is 0.926 bits per heavy atom. The summed E-state index contributed by atoms with van der Waals surface area (Å²) in [5.74, 6) is 0.605. The number of hydrogen-bond donors (Lipinski definition) is 2. The molecule has 1 amide bonds. The van der Waals surface area contributed by atoms with Crippen molar-refractivity contribution < 1.29 is 9.90 Å². The van der Waals surface area contributed by atoms with E-state index in [1.165, 1.54) is 38.5 Å². The molecule has 0 fully saturated rings. The molecule has 0 aliphatic carbocycles. The van der Waals surface area contributed by atoms with E-state index in [1.807, 2.05) is 42.5 Å². The van der Waals surface area contributed by atoms with Crippen molar-refractivity contribution >= 4 is 11.6 Å². The fraction of sp³-hybridized carbons (Fsp3) is 0.542. The number of aliphatic hydroxyl groups excluding tert-OH is 1. The molecule has 3 nitrogen and oxygen atoms in total. The number of rotatable bonds is 15. The molecule has 0 atom stereocenters. The first-order chi connectivity index (χ1) is 13.2. The van der Waals surface area contributed by atoms with Crippen LogP contribution in [0.25, 0.3) is 0 Å². The smallest absolute Gasteiger partial charge is 0.224 e. The lowest BCUT2D eigenvalue weighted by Gasteiger charge is -2.05. The molecule has 1 rings (SSSR count). The number of hydrogen-bond acceptors (Lipinski definition) is 2. The molecule has 0 aliphatic rings. The zero-order valence-electron chi connectivity index (χ0n) is 17.0. The molecule has 3 heteroatoms. The molecule has 0 bridgehead atoms. The van der Waals surface area contributed by atoms with Crippen LogP contribution in [0, 0.1) is 0 Å². The highest BCUT2D eigenvalue weighted by molar-refractivity contribution is 5.90. The van der Waals surface area contributed by atoms with Gasteiger partial charge in [-0.1, -0.05) is 75.8 Å². The minimum absolute atomic E-state index is 0.109. The quantitative estimate of drug-likeness (QED) is 0.193. The van der Waals surface area contributed by atoms with Crippen LogP contribution in [0.1, 0.15) is 84.0 Å². The van der Waals surface area contributed by atoms with Crippen molar-refractivity contribution in [3.05, 3.63) is 54.3 Å². The molecule has 0 radical (unpaired) electrons. The number of allylic oxidation sites excluding steroid dienone is 4. The molecule has 150 valence electrons. The lowest BCUT2D eigenvalue weighted by molar-refractivity contribution is -0.116. The third-order valence-electron chi connectivity index (χ3n) is 4.54. The van der Waals surface area contributed by atoms with Crippen molar-refractivity contribution in [2.24, 2.45) is 0 Å². The van der Waals surface area contributed by atoms with Gasteiger partial charge in [0.1, 0.15) is 0 Å². The number of carbonyl (C=O) groups excluding carboxylic acids is 1. The SMILES string of the molecule is CCCCC/C(O)=C/C=C\CCCCCCCCC(=O)Nc1ccccc1. The van der Waals surface area contributed by atoms with E-state index in [2.05, 4.69) is 18.3 Å². The van der Waals surface area contributed by atoms with Gasteiger partial charge in [-0.25, -0.2) is 0 Å². The summed E-state index contributed by atoms with van der Waals surface area (Å²) in [4.78, 5) is 11.8. The molecule has 0 aliphatic heterocycles. The van der Waals surface area contributed by atoms with Gasteiger partial charge >= 0.3 is 0 Å². The Kier molecular flexibility index (Phi) is 13.8.